The second-order valence-electron chi connectivity index (χ2n) is 13.0. The Labute approximate surface area is 288 Å². The van der Waals surface area contributed by atoms with E-state index >= 15 is 0 Å². The van der Waals surface area contributed by atoms with Crippen LogP contribution in [0.3, 0.4) is 0 Å². The van der Waals surface area contributed by atoms with E-state index in [-0.39, 0.29) is 24.1 Å². The number of methoxy groups -OCH3 is 3. The Morgan fingerprint density at radius 1 is 0.755 bits per heavy atom. The molecule has 5 aromatic rings. The molecular formula is C42H44O7. The molecule has 1 N–H and O–H groups in total. The zero-order valence-electron chi connectivity index (χ0n) is 28.8. The molecule has 0 bridgehead atoms. The van der Waals surface area contributed by atoms with Crippen LogP contribution in [0.1, 0.15) is 52.8 Å². The number of rotatable bonds is 10. The number of fused-ring (bicyclic) bond motifs is 4. The third-order valence-corrected chi connectivity index (χ3v) is 9.93. The van der Waals surface area contributed by atoms with Gasteiger partial charge in [0, 0.05) is 34.1 Å². The molecule has 254 valence electrons. The van der Waals surface area contributed by atoms with E-state index in [1.165, 1.54) is 5.56 Å². The van der Waals surface area contributed by atoms with Gasteiger partial charge in [0.15, 0.2) is 0 Å². The van der Waals surface area contributed by atoms with Crippen molar-refractivity contribution in [2.45, 2.75) is 70.7 Å². The predicted molar refractivity (Wildman–Crippen MR) is 191 cm³/mol. The largest absolute Gasteiger partial charge is 0.507 e. The van der Waals surface area contributed by atoms with Crippen molar-refractivity contribution in [1.82, 2.24) is 0 Å². The van der Waals surface area contributed by atoms with Gasteiger partial charge in [0.2, 0.25) is 0 Å². The van der Waals surface area contributed by atoms with Crippen molar-refractivity contribution in [1.29, 1.82) is 0 Å². The van der Waals surface area contributed by atoms with E-state index in [1.807, 2.05) is 55.5 Å². The van der Waals surface area contributed by atoms with E-state index < -0.39 is 6.10 Å². The van der Waals surface area contributed by atoms with E-state index in [4.69, 9.17) is 28.4 Å². The van der Waals surface area contributed by atoms with Gasteiger partial charge in [-0.25, -0.2) is 0 Å². The SMILES string of the molecule is COc1cc(C)cc2c1-c1c(c(OC)c3c(O)c(C4CC(OCc5ccccc5)C(OCc5ccccc5)C(C)O4)ccc3c1OC)CC2. The first-order valence-corrected chi connectivity index (χ1v) is 17.0. The maximum absolute atomic E-state index is 12.2. The highest BCUT2D eigenvalue weighted by molar-refractivity contribution is 6.06. The summed E-state index contributed by atoms with van der Waals surface area (Å²) < 4.78 is 37.9. The fourth-order valence-corrected chi connectivity index (χ4v) is 7.68. The standard InChI is InChI=1S/C42H44O7/c1-25-20-29-16-17-31-37(36(29)34(21-25)44-3)41(45-4)32-19-18-30(39(43)38(32)42(31)46-5)33-22-35(47-23-27-12-8-6-9-13-27)40(26(2)49-33)48-24-28-14-10-7-11-15-28/h6-15,18-21,26,33,35,40,43H,16-17,22-24H2,1-5H3. The van der Waals surface area contributed by atoms with E-state index in [0.29, 0.717) is 42.1 Å². The molecule has 1 aliphatic heterocycles. The Hall–Kier alpha value is -4.56. The van der Waals surface area contributed by atoms with Gasteiger partial charge in [-0.05, 0) is 61.1 Å². The number of benzene rings is 5. The van der Waals surface area contributed by atoms with Crippen molar-refractivity contribution in [2.24, 2.45) is 0 Å². The zero-order valence-corrected chi connectivity index (χ0v) is 28.8. The van der Waals surface area contributed by atoms with Gasteiger partial charge in [0.25, 0.3) is 0 Å². The Bertz CT molecular complexity index is 1920. The Morgan fingerprint density at radius 3 is 2.08 bits per heavy atom. The molecule has 1 heterocycles. The lowest BCUT2D eigenvalue weighted by Crippen LogP contribution is -2.47. The lowest BCUT2D eigenvalue weighted by atomic mass is 9.80. The second-order valence-corrected chi connectivity index (χ2v) is 13.0. The average molecular weight is 661 g/mol. The summed E-state index contributed by atoms with van der Waals surface area (Å²) in [4.78, 5) is 0. The van der Waals surface area contributed by atoms with Gasteiger partial charge in [0.1, 0.15) is 29.1 Å². The number of aromatic hydroxyl groups is 1. The van der Waals surface area contributed by atoms with Crippen molar-refractivity contribution >= 4 is 10.8 Å². The summed E-state index contributed by atoms with van der Waals surface area (Å²) in [6.45, 7) is 5.00. The molecule has 0 aromatic heterocycles. The summed E-state index contributed by atoms with van der Waals surface area (Å²) >= 11 is 0. The van der Waals surface area contributed by atoms with Gasteiger partial charge in [-0.2, -0.15) is 0 Å². The van der Waals surface area contributed by atoms with E-state index in [9.17, 15) is 5.11 Å². The van der Waals surface area contributed by atoms with Crippen LogP contribution in [0, 0.1) is 6.92 Å². The minimum absolute atomic E-state index is 0.125. The molecule has 0 radical (unpaired) electrons. The zero-order chi connectivity index (χ0) is 34.1. The van der Waals surface area contributed by atoms with Crippen LogP contribution >= 0.6 is 0 Å². The molecule has 0 saturated carbocycles. The van der Waals surface area contributed by atoms with Crippen molar-refractivity contribution in [2.75, 3.05) is 21.3 Å². The minimum atomic E-state index is -0.438. The Kier molecular flexibility index (Phi) is 9.50. The molecule has 4 atom stereocenters. The maximum Gasteiger partial charge on any atom is 0.135 e. The van der Waals surface area contributed by atoms with Crippen LogP contribution < -0.4 is 14.2 Å². The molecule has 1 saturated heterocycles. The number of hydrogen-bond donors (Lipinski definition) is 1. The summed E-state index contributed by atoms with van der Waals surface area (Å²) in [7, 11) is 5.04. The fourth-order valence-electron chi connectivity index (χ4n) is 7.68. The number of phenolic OH excluding ortho intramolecular Hbond substituents is 1. The lowest BCUT2D eigenvalue weighted by molar-refractivity contribution is -0.204. The van der Waals surface area contributed by atoms with Crippen LogP contribution in [-0.4, -0.2) is 44.7 Å². The van der Waals surface area contributed by atoms with Crippen LogP contribution in [0.4, 0.5) is 0 Å². The third-order valence-electron chi connectivity index (χ3n) is 9.93. The topological polar surface area (TPSA) is 75.6 Å². The Balaban J connectivity index is 1.28. The molecule has 2 aliphatic rings. The molecule has 49 heavy (non-hydrogen) atoms. The summed E-state index contributed by atoms with van der Waals surface area (Å²) in [5, 5.41) is 13.5. The van der Waals surface area contributed by atoms with Gasteiger partial charge in [0.05, 0.1) is 58.2 Å². The highest BCUT2D eigenvalue weighted by atomic mass is 16.6. The van der Waals surface area contributed by atoms with Crippen LogP contribution in [-0.2, 0) is 40.3 Å². The van der Waals surface area contributed by atoms with Gasteiger partial charge < -0.3 is 33.5 Å². The lowest BCUT2D eigenvalue weighted by Gasteiger charge is -2.40. The first kappa shape index (κ1) is 33.0. The highest BCUT2D eigenvalue weighted by Crippen LogP contribution is 2.55. The molecule has 0 amide bonds. The summed E-state index contributed by atoms with van der Waals surface area (Å²) in [5.74, 6) is 2.25. The average Bonchev–Trinajstić information content (AvgIpc) is 3.12. The van der Waals surface area contributed by atoms with E-state index in [0.717, 1.165) is 57.4 Å². The first-order valence-electron chi connectivity index (χ1n) is 17.0. The van der Waals surface area contributed by atoms with Crippen molar-refractivity contribution in [3.8, 4) is 34.1 Å². The predicted octanol–water partition coefficient (Wildman–Crippen LogP) is 8.67. The molecule has 7 rings (SSSR count). The van der Waals surface area contributed by atoms with E-state index in [1.54, 1.807) is 21.3 Å². The molecule has 5 aromatic carbocycles. The number of phenols is 1. The van der Waals surface area contributed by atoms with Crippen molar-refractivity contribution in [3.63, 3.8) is 0 Å². The summed E-state index contributed by atoms with van der Waals surface area (Å²) in [6, 6.07) is 28.5. The first-order chi connectivity index (χ1) is 23.9. The quantitative estimate of drug-likeness (QED) is 0.161. The van der Waals surface area contributed by atoms with Crippen LogP contribution in [0.25, 0.3) is 21.9 Å². The number of ether oxygens (including phenoxy) is 6. The van der Waals surface area contributed by atoms with Crippen LogP contribution in [0.2, 0.25) is 0 Å². The van der Waals surface area contributed by atoms with Crippen molar-refractivity contribution < 1.29 is 33.5 Å². The Morgan fingerprint density at radius 2 is 1.43 bits per heavy atom. The normalized spacial score (nSPS) is 20.0. The highest BCUT2D eigenvalue weighted by Gasteiger charge is 2.40. The molecule has 1 aliphatic carbocycles. The van der Waals surface area contributed by atoms with Crippen molar-refractivity contribution in [3.05, 3.63) is 118 Å². The van der Waals surface area contributed by atoms with Crippen LogP contribution in [0.15, 0.2) is 84.9 Å². The van der Waals surface area contributed by atoms with Crippen LogP contribution in [0.5, 0.6) is 23.0 Å². The smallest absolute Gasteiger partial charge is 0.135 e. The second kappa shape index (κ2) is 14.1. The molecule has 7 nitrogen and oxygen atoms in total. The summed E-state index contributed by atoms with van der Waals surface area (Å²) in [6.07, 6.45) is 0.742. The fraction of sp³-hybridized carbons (Fsp3) is 0.333. The number of aryl methyl sites for hydroxylation is 2. The minimum Gasteiger partial charge on any atom is -0.507 e. The third kappa shape index (κ3) is 6.23. The van der Waals surface area contributed by atoms with Gasteiger partial charge in [-0.1, -0.05) is 72.8 Å². The molecule has 7 heteroatoms. The molecule has 1 fully saturated rings. The molecule has 0 spiro atoms. The van der Waals surface area contributed by atoms with Gasteiger partial charge in [-0.3, -0.25) is 0 Å². The van der Waals surface area contributed by atoms with Gasteiger partial charge in [-0.15, -0.1) is 0 Å². The maximum atomic E-state index is 12.2. The van der Waals surface area contributed by atoms with Gasteiger partial charge >= 0.3 is 0 Å². The molecule has 4 unspecified atom stereocenters. The molecular weight excluding hydrogens is 616 g/mol. The summed E-state index contributed by atoms with van der Waals surface area (Å²) in [5.41, 5.74) is 8.17. The monoisotopic (exact) mass is 660 g/mol. The number of hydrogen-bond acceptors (Lipinski definition) is 7. The van der Waals surface area contributed by atoms with E-state index in [2.05, 4.69) is 43.3 Å².